The molecule has 1 aromatic rings. The Kier molecular flexibility index (Phi) is 5.20. The van der Waals surface area contributed by atoms with Crippen molar-refractivity contribution >= 4 is 5.69 Å². The van der Waals surface area contributed by atoms with Crippen molar-refractivity contribution in [3.05, 3.63) is 29.6 Å². The van der Waals surface area contributed by atoms with Gasteiger partial charge in [0.2, 0.25) is 0 Å². The third-order valence-corrected chi connectivity index (χ3v) is 4.15. The molecule has 2 N–H and O–H groups in total. The summed E-state index contributed by atoms with van der Waals surface area (Å²) >= 11 is 0. The highest BCUT2D eigenvalue weighted by molar-refractivity contribution is 5.54. The van der Waals surface area contributed by atoms with E-state index < -0.39 is 0 Å². The normalized spacial score (nSPS) is 20.4. The largest absolute Gasteiger partial charge is 0.371 e. The van der Waals surface area contributed by atoms with Gasteiger partial charge in [-0.2, -0.15) is 0 Å². The van der Waals surface area contributed by atoms with Crippen LogP contribution in [0.25, 0.3) is 0 Å². The number of halogens is 1. The van der Waals surface area contributed by atoms with Crippen molar-refractivity contribution in [2.24, 2.45) is 11.7 Å². The number of nitrogens with two attached hydrogens (primary N) is 1. The minimum atomic E-state index is -0.192. The summed E-state index contributed by atoms with van der Waals surface area (Å²) in [6, 6.07) is 5.00. The minimum absolute atomic E-state index is 0.192. The van der Waals surface area contributed by atoms with E-state index in [0.717, 1.165) is 30.3 Å². The Balaban J connectivity index is 2.09. The summed E-state index contributed by atoms with van der Waals surface area (Å²) in [5.41, 5.74) is 7.80. The number of anilines is 1. The first kappa shape index (κ1) is 14.3. The van der Waals surface area contributed by atoms with E-state index in [2.05, 4.69) is 11.8 Å². The smallest absolute Gasteiger partial charge is 0.123 e. The number of nitrogens with zero attached hydrogens (tertiary/aromatic N) is 1. The van der Waals surface area contributed by atoms with Gasteiger partial charge in [0.05, 0.1) is 0 Å². The van der Waals surface area contributed by atoms with Gasteiger partial charge in [-0.3, -0.25) is 0 Å². The lowest BCUT2D eigenvalue weighted by atomic mass is 9.96. The molecule has 1 aromatic carbocycles. The molecular formula is C16H25FN2. The molecule has 0 amide bonds. The summed E-state index contributed by atoms with van der Waals surface area (Å²) in [6.07, 6.45) is 6.40. The van der Waals surface area contributed by atoms with Crippen LogP contribution in [0.2, 0.25) is 0 Å². The van der Waals surface area contributed by atoms with Gasteiger partial charge in [-0.25, -0.2) is 4.39 Å². The molecule has 106 valence electrons. The van der Waals surface area contributed by atoms with Gasteiger partial charge < -0.3 is 10.6 Å². The third-order valence-electron chi connectivity index (χ3n) is 4.15. The van der Waals surface area contributed by atoms with Crippen molar-refractivity contribution in [2.45, 2.75) is 45.6 Å². The van der Waals surface area contributed by atoms with Crippen LogP contribution < -0.4 is 10.6 Å². The fourth-order valence-electron chi connectivity index (χ4n) is 3.13. The quantitative estimate of drug-likeness (QED) is 0.898. The first-order valence-corrected chi connectivity index (χ1v) is 7.48. The third kappa shape index (κ3) is 3.69. The van der Waals surface area contributed by atoms with E-state index in [-0.39, 0.29) is 5.82 Å². The van der Waals surface area contributed by atoms with Gasteiger partial charge in [0.25, 0.3) is 0 Å². The molecule has 3 heteroatoms. The van der Waals surface area contributed by atoms with Crippen molar-refractivity contribution in [1.82, 2.24) is 0 Å². The van der Waals surface area contributed by atoms with E-state index in [1.807, 2.05) is 6.07 Å². The maximum atomic E-state index is 13.3. The number of hydrogen-bond donors (Lipinski definition) is 1. The number of benzene rings is 1. The topological polar surface area (TPSA) is 29.3 Å². The Labute approximate surface area is 115 Å². The Morgan fingerprint density at radius 2 is 2.16 bits per heavy atom. The average molecular weight is 264 g/mol. The van der Waals surface area contributed by atoms with Crippen LogP contribution in [0.1, 0.15) is 44.6 Å². The van der Waals surface area contributed by atoms with Crippen LogP contribution in [0.5, 0.6) is 0 Å². The second kappa shape index (κ2) is 6.90. The van der Waals surface area contributed by atoms with E-state index in [9.17, 15) is 4.39 Å². The van der Waals surface area contributed by atoms with E-state index in [4.69, 9.17) is 5.73 Å². The fourth-order valence-corrected chi connectivity index (χ4v) is 3.13. The average Bonchev–Trinajstić information content (AvgIpc) is 2.65. The zero-order chi connectivity index (χ0) is 13.7. The summed E-state index contributed by atoms with van der Waals surface area (Å²) < 4.78 is 13.3. The molecule has 0 aliphatic carbocycles. The SMILES string of the molecule is CCCC1CCCN(c2ccc(F)cc2CN)CC1. The summed E-state index contributed by atoms with van der Waals surface area (Å²) in [7, 11) is 0. The Morgan fingerprint density at radius 1 is 1.32 bits per heavy atom. The first-order valence-electron chi connectivity index (χ1n) is 7.48. The molecule has 1 aliphatic heterocycles. The van der Waals surface area contributed by atoms with Crippen molar-refractivity contribution in [2.75, 3.05) is 18.0 Å². The van der Waals surface area contributed by atoms with Gasteiger partial charge >= 0.3 is 0 Å². The lowest BCUT2D eigenvalue weighted by Crippen LogP contribution is -2.26. The van der Waals surface area contributed by atoms with E-state index in [1.165, 1.54) is 32.1 Å². The highest BCUT2D eigenvalue weighted by atomic mass is 19.1. The van der Waals surface area contributed by atoms with Gasteiger partial charge in [0.15, 0.2) is 0 Å². The van der Waals surface area contributed by atoms with Crippen molar-refractivity contribution in [1.29, 1.82) is 0 Å². The van der Waals surface area contributed by atoms with Crippen LogP contribution in [0, 0.1) is 11.7 Å². The van der Waals surface area contributed by atoms with Gasteiger partial charge in [-0.1, -0.05) is 19.8 Å². The molecule has 1 heterocycles. The zero-order valence-electron chi connectivity index (χ0n) is 11.9. The minimum Gasteiger partial charge on any atom is -0.371 e. The van der Waals surface area contributed by atoms with Crippen molar-refractivity contribution in [3.8, 4) is 0 Å². The molecule has 2 nitrogen and oxygen atoms in total. The molecule has 2 rings (SSSR count). The molecule has 0 radical (unpaired) electrons. The van der Waals surface area contributed by atoms with E-state index >= 15 is 0 Å². The summed E-state index contributed by atoms with van der Waals surface area (Å²) in [4.78, 5) is 2.39. The van der Waals surface area contributed by atoms with Gasteiger partial charge in [-0.05, 0) is 48.9 Å². The Hall–Kier alpha value is -1.09. The molecule has 0 saturated carbocycles. The maximum Gasteiger partial charge on any atom is 0.123 e. The molecule has 1 fully saturated rings. The predicted molar refractivity (Wildman–Crippen MR) is 78.8 cm³/mol. The maximum absolute atomic E-state index is 13.3. The molecule has 0 bridgehead atoms. The van der Waals surface area contributed by atoms with Crippen LogP contribution >= 0.6 is 0 Å². The predicted octanol–water partition coefficient (Wildman–Crippen LogP) is 3.69. The second-order valence-electron chi connectivity index (χ2n) is 5.55. The molecule has 1 saturated heterocycles. The van der Waals surface area contributed by atoms with Crippen molar-refractivity contribution in [3.63, 3.8) is 0 Å². The second-order valence-corrected chi connectivity index (χ2v) is 5.55. The Bertz CT molecular complexity index is 406. The van der Waals surface area contributed by atoms with Crippen LogP contribution in [0.15, 0.2) is 18.2 Å². The lowest BCUT2D eigenvalue weighted by Gasteiger charge is -2.25. The first-order chi connectivity index (χ1) is 9.24. The molecule has 1 unspecified atom stereocenters. The van der Waals surface area contributed by atoms with Crippen LogP contribution in [-0.2, 0) is 6.54 Å². The van der Waals surface area contributed by atoms with Crippen LogP contribution in [-0.4, -0.2) is 13.1 Å². The number of rotatable bonds is 4. The molecule has 0 aromatic heterocycles. The lowest BCUT2D eigenvalue weighted by molar-refractivity contribution is 0.435. The van der Waals surface area contributed by atoms with E-state index in [0.29, 0.717) is 6.54 Å². The zero-order valence-corrected chi connectivity index (χ0v) is 11.9. The molecule has 1 aliphatic rings. The fraction of sp³-hybridized carbons (Fsp3) is 0.625. The Morgan fingerprint density at radius 3 is 2.89 bits per heavy atom. The molecule has 19 heavy (non-hydrogen) atoms. The van der Waals surface area contributed by atoms with Crippen molar-refractivity contribution < 1.29 is 4.39 Å². The summed E-state index contributed by atoms with van der Waals surface area (Å²) in [6.45, 7) is 4.80. The summed E-state index contributed by atoms with van der Waals surface area (Å²) in [5, 5.41) is 0. The highest BCUT2D eigenvalue weighted by Gasteiger charge is 2.18. The molecule has 0 spiro atoms. The summed E-state index contributed by atoms with van der Waals surface area (Å²) in [5.74, 6) is 0.666. The van der Waals surface area contributed by atoms with Crippen LogP contribution in [0.3, 0.4) is 0 Å². The van der Waals surface area contributed by atoms with Gasteiger partial charge in [0.1, 0.15) is 5.82 Å². The number of hydrogen-bond acceptors (Lipinski definition) is 2. The monoisotopic (exact) mass is 264 g/mol. The van der Waals surface area contributed by atoms with Gasteiger partial charge in [0, 0.05) is 25.3 Å². The van der Waals surface area contributed by atoms with Gasteiger partial charge in [-0.15, -0.1) is 0 Å². The molecular weight excluding hydrogens is 239 g/mol. The standard InChI is InChI=1S/C16H25FN2/c1-2-4-13-5-3-9-19(10-8-13)16-7-6-15(17)11-14(16)12-18/h6-7,11,13H,2-5,8-10,12,18H2,1H3. The molecule has 1 atom stereocenters. The highest BCUT2D eigenvalue weighted by Crippen LogP contribution is 2.28. The van der Waals surface area contributed by atoms with E-state index in [1.54, 1.807) is 12.1 Å². The van der Waals surface area contributed by atoms with Crippen LogP contribution in [0.4, 0.5) is 10.1 Å².